The van der Waals surface area contributed by atoms with Crippen LogP contribution in [0.4, 0.5) is 0 Å². The van der Waals surface area contributed by atoms with Crippen LogP contribution in [-0.2, 0) is 6.54 Å². The lowest BCUT2D eigenvalue weighted by Gasteiger charge is -2.29. The van der Waals surface area contributed by atoms with Crippen molar-refractivity contribution in [3.8, 4) is 0 Å². The molecule has 1 aromatic rings. The van der Waals surface area contributed by atoms with Crippen LogP contribution in [0.1, 0.15) is 71.5 Å². The van der Waals surface area contributed by atoms with Gasteiger partial charge in [0.15, 0.2) is 0 Å². The maximum Gasteiger partial charge on any atom is 0.0698 e. The molecule has 0 radical (unpaired) electrons. The van der Waals surface area contributed by atoms with Gasteiger partial charge < -0.3 is 5.32 Å². The van der Waals surface area contributed by atoms with E-state index in [1.807, 2.05) is 6.20 Å². The summed E-state index contributed by atoms with van der Waals surface area (Å²) in [6.07, 6.45) is 8.10. The number of nitrogens with zero attached hydrogens (tertiary/aromatic N) is 2. The first-order chi connectivity index (χ1) is 9.69. The number of aromatic nitrogens is 2. The van der Waals surface area contributed by atoms with Crippen LogP contribution in [0, 0.1) is 5.92 Å². The molecule has 0 bridgehead atoms. The van der Waals surface area contributed by atoms with Gasteiger partial charge in [-0.3, -0.25) is 4.68 Å². The third-order valence-electron chi connectivity index (χ3n) is 3.78. The third kappa shape index (κ3) is 4.59. The molecule has 0 spiro atoms. The molecule has 1 rings (SSSR count). The minimum Gasteiger partial charge on any atom is -0.309 e. The highest BCUT2D eigenvalue weighted by atomic mass is 79.9. The topological polar surface area (TPSA) is 29.9 Å². The molecule has 3 nitrogen and oxygen atoms in total. The SMILES string of the molecule is CCCC(CCC)C(NCC)c1c(Br)cnn1CCC. The van der Waals surface area contributed by atoms with E-state index in [-0.39, 0.29) is 0 Å². The number of rotatable bonds is 10. The molecule has 116 valence electrons. The van der Waals surface area contributed by atoms with Crippen molar-refractivity contribution in [3.05, 3.63) is 16.4 Å². The molecule has 0 saturated carbocycles. The Balaban J connectivity index is 3.06. The Kier molecular flexibility index (Phi) is 8.46. The standard InChI is InChI=1S/C16H30BrN3/c1-5-9-13(10-6-2)15(18-8-4)16-14(17)12-19-20(16)11-7-3/h12-13,15,18H,5-11H2,1-4H3. The molecule has 0 saturated heterocycles. The van der Waals surface area contributed by atoms with E-state index in [0.717, 1.165) is 24.0 Å². The van der Waals surface area contributed by atoms with Crippen LogP contribution in [0.3, 0.4) is 0 Å². The van der Waals surface area contributed by atoms with Crippen LogP contribution >= 0.6 is 15.9 Å². The van der Waals surface area contributed by atoms with Crippen molar-refractivity contribution in [1.82, 2.24) is 15.1 Å². The Morgan fingerprint density at radius 3 is 2.30 bits per heavy atom. The number of nitrogens with one attached hydrogen (secondary N) is 1. The fraction of sp³-hybridized carbons (Fsp3) is 0.812. The van der Waals surface area contributed by atoms with Crippen LogP contribution in [0.15, 0.2) is 10.7 Å². The van der Waals surface area contributed by atoms with E-state index in [9.17, 15) is 0 Å². The van der Waals surface area contributed by atoms with Crippen LogP contribution < -0.4 is 5.32 Å². The molecule has 1 aromatic heterocycles. The largest absolute Gasteiger partial charge is 0.309 e. The molecule has 0 aliphatic carbocycles. The molecule has 4 heteroatoms. The Morgan fingerprint density at radius 2 is 1.80 bits per heavy atom. The first kappa shape index (κ1) is 17.7. The molecular weight excluding hydrogens is 314 g/mol. The fourth-order valence-electron chi connectivity index (χ4n) is 3.00. The minimum absolute atomic E-state index is 0.406. The summed E-state index contributed by atoms with van der Waals surface area (Å²) in [7, 11) is 0. The summed E-state index contributed by atoms with van der Waals surface area (Å²) in [4.78, 5) is 0. The van der Waals surface area contributed by atoms with Gasteiger partial charge in [-0.05, 0) is 47.7 Å². The van der Waals surface area contributed by atoms with E-state index in [0.29, 0.717) is 12.0 Å². The Hall–Kier alpha value is -0.350. The van der Waals surface area contributed by atoms with E-state index >= 15 is 0 Å². The van der Waals surface area contributed by atoms with Crippen molar-refractivity contribution < 1.29 is 0 Å². The molecule has 1 N–H and O–H groups in total. The van der Waals surface area contributed by atoms with Crippen molar-refractivity contribution in [2.75, 3.05) is 6.54 Å². The van der Waals surface area contributed by atoms with Crippen molar-refractivity contribution in [3.63, 3.8) is 0 Å². The van der Waals surface area contributed by atoms with Gasteiger partial charge in [-0.25, -0.2) is 0 Å². The van der Waals surface area contributed by atoms with Gasteiger partial charge in [-0.15, -0.1) is 0 Å². The van der Waals surface area contributed by atoms with Crippen LogP contribution in [-0.4, -0.2) is 16.3 Å². The summed E-state index contributed by atoms with van der Waals surface area (Å²) in [6.45, 7) is 11.0. The summed E-state index contributed by atoms with van der Waals surface area (Å²) >= 11 is 3.70. The molecule has 0 amide bonds. The normalized spacial score (nSPS) is 13.1. The first-order valence-electron chi connectivity index (χ1n) is 8.13. The Bertz CT molecular complexity index is 370. The highest BCUT2D eigenvalue weighted by Gasteiger charge is 2.26. The number of hydrogen-bond donors (Lipinski definition) is 1. The average Bonchev–Trinajstić information content (AvgIpc) is 2.78. The van der Waals surface area contributed by atoms with Crippen molar-refractivity contribution in [1.29, 1.82) is 0 Å². The number of hydrogen-bond acceptors (Lipinski definition) is 2. The summed E-state index contributed by atoms with van der Waals surface area (Å²) in [5.41, 5.74) is 1.33. The molecule has 0 aromatic carbocycles. The maximum atomic E-state index is 4.54. The minimum atomic E-state index is 0.406. The van der Waals surface area contributed by atoms with Crippen molar-refractivity contribution in [2.24, 2.45) is 5.92 Å². The summed E-state index contributed by atoms with van der Waals surface area (Å²) in [5, 5.41) is 8.24. The van der Waals surface area contributed by atoms with Gasteiger partial charge in [-0.2, -0.15) is 5.10 Å². The van der Waals surface area contributed by atoms with E-state index in [2.05, 4.69) is 58.7 Å². The number of aryl methyl sites for hydroxylation is 1. The summed E-state index contributed by atoms with van der Waals surface area (Å²) < 4.78 is 3.32. The van der Waals surface area contributed by atoms with Gasteiger partial charge in [0.1, 0.15) is 0 Å². The molecule has 0 aliphatic rings. The zero-order chi connectivity index (χ0) is 15.0. The third-order valence-corrected chi connectivity index (χ3v) is 4.39. The number of halogens is 1. The van der Waals surface area contributed by atoms with Crippen LogP contribution in [0.25, 0.3) is 0 Å². The molecule has 1 atom stereocenters. The van der Waals surface area contributed by atoms with Crippen molar-refractivity contribution >= 4 is 15.9 Å². The molecule has 1 heterocycles. The van der Waals surface area contributed by atoms with E-state index < -0.39 is 0 Å². The van der Waals surface area contributed by atoms with Crippen LogP contribution in [0.5, 0.6) is 0 Å². The Morgan fingerprint density at radius 1 is 1.15 bits per heavy atom. The Labute approximate surface area is 132 Å². The smallest absolute Gasteiger partial charge is 0.0698 e. The van der Waals surface area contributed by atoms with Gasteiger partial charge in [0.2, 0.25) is 0 Å². The van der Waals surface area contributed by atoms with E-state index in [1.165, 1.54) is 31.4 Å². The monoisotopic (exact) mass is 343 g/mol. The van der Waals surface area contributed by atoms with Crippen molar-refractivity contribution in [2.45, 2.75) is 72.4 Å². The molecule has 20 heavy (non-hydrogen) atoms. The molecule has 0 aliphatic heterocycles. The zero-order valence-corrected chi connectivity index (χ0v) is 15.0. The lowest BCUT2D eigenvalue weighted by atomic mass is 9.88. The lowest BCUT2D eigenvalue weighted by molar-refractivity contribution is 0.303. The second-order valence-electron chi connectivity index (χ2n) is 5.47. The van der Waals surface area contributed by atoms with E-state index in [4.69, 9.17) is 0 Å². The van der Waals surface area contributed by atoms with Gasteiger partial charge in [-0.1, -0.05) is 40.5 Å². The second-order valence-corrected chi connectivity index (χ2v) is 6.33. The summed E-state index contributed by atoms with van der Waals surface area (Å²) in [6, 6.07) is 0.406. The highest BCUT2D eigenvalue weighted by Crippen LogP contribution is 2.33. The van der Waals surface area contributed by atoms with Gasteiger partial charge in [0.25, 0.3) is 0 Å². The lowest BCUT2D eigenvalue weighted by Crippen LogP contribution is -2.31. The molecular formula is C16H30BrN3. The quantitative estimate of drug-likeness (QED) is 0.653. The van der Waals surface area contributed by atoms with Gasteiger partial charge >= 0.3 is 0 Å². The van der Waals surface area contributed by atoms with E-state index in [1.54, 1.807) is 0 Å². The first-order valence-corrected chi connectivity index (χ1v) is 8.93. The second kappa shape index (κ2) is 9.56. The highest BCUT2D eigenvalue weighted by molar-refractivity contribution is 9.10. The average molecular weight is 344 g/mol. The predicted molar refractivity (Wildman–Crippen MR) is 89.9 cm³/mol. The predicted octanol–water partition coefficient (Wildman–Crippen LogP) is 4.92. The molecule has 1 unspecified atom stereocenters. The van der Waals surface area contributed by atoms with Crippen LogP contribution in [0.2, 0.25) is 0 Å². The maximum absolute atomic E-state index is 4.54. The zero-order valence-electron chi connectivity index (χ0n) is 13.5. The fourth-order valence-corrected chi connectivity index (χ4v) is 3.54. The summed E-state index contributed by atoms with van der Waals surface area (Å²) in [5.74, 6) is 0.688. The van der Waals surface area contributed by atoms with Gasteiger partial charge in [0, 0.05) is 6.54 Å². The molecule has 0 fully saturated rings. The van der Waals surface area contributed by atoms with Gasteiger partial charge in [0.05, 0.1) is 22.4 Å².